The van der Waals surface area contributed by atoms with Gasteiger partial charge in [-0.05, 0) is 72.3 Å². The number of halogens is 1. The van der Waals surface area contributed by atoms with E-state index in [1.54, 1.807) is 37.5 Å². The van der Waals surface area contributed by atoms with Gasteiger partial charge in [0.25, 0.3) is 11.1 Å². The molecule has 0 spiro atoms. The fourth-order valence-electron chi connectivity index (χ4n) is 3.57. The first-order valence-corrected chi connectivity index (χ1v) is 13.2. The summed E-state index contributed by atoms with van der Waals surface area (Å²) >= 11 is 4.33. The maximum absolute atomic E-state index is 12.9. The first kappa shape index (κ1) is 26.6. The number of methoxy groups -OCH3 is 1. The van der Waals surface area contributed by atoms with Crippen molar-refractivity contribution in [2.45, 2.75) is 13.5 Å². The minimum absolute atomic E-state index is 0.132. The van der Waals surface area contributed by atoms with E-state index in [4.69, 9.17) is 18.9 Å². The maximum atomic E-state index is 12.9. The van der Waals surface area contributed by atoms with Crippen molar-refractivity contribution >= 4 is 44.9 Å². The normalized spacial score (nSPS) is 14.2. The Labute approximate surface area is 228 Å². The van der Waals surface area contributed by atoms with Crippen LogP contribution in [-0.4, -0.2) is 42.9 Å². The number of hydrogen-bond acceptors (Lipinski definition) is 7. The molecule has 0 N–H and O–H groups in total. The Bertz CT molecular complexity index is 1290. The van der Waals surface area contributed by atoms with E-state index in [-0.39, 0.29) is 24.3 Å². The third-order valence-corrected chi connectivity index (χ3v) is 6.82. The van der Waals surface area contributed by atoms with Gasteiger partial charge in [-0.25, -0.2) is 0 Å². The minimum Gasteiger partial charge on any atom is -0.493 e. The topological polar surface area (TPSA) is 74.3 Å². The zero-order valence-corrected chi connectivity index (χ0v) is 22.8. The SMILES string of the molecule is CCOc1cc(/C=C2\SC(=O)N(CCOc3ccccc3OC)C2=O)ccc1OCc1ccc(Br)cc1. The fraction of sp³-hybridized carbons (Fsp3) is 0.214. The lowest BCUT2D eigenvalue weighted by Gasteiger charge is -2.14. The van der Waals surface area contributed by atoms with Crippen molar-refractivity contribution in [3.63, 3.8) is 0 Å². The highest BCUT2D eigenvalue weighted by Crippen LogP contribution is 2.35. The number of thioether (sulfide) groups is 1. The van der Waals surface area contributed by atoms with Crippen LogP contribution in [0.1, 0.15) is 18.1 Å². The largest absolute Gasteiger partial charge is 0.493 e. The van der Waals surface area contributed by atoms with Crippen LogP contribution < -0.4 is 18.9 Å². The van der Waals surface area contributed by atoms with Crippen LogP contribution in [-0.2, 0) is 11.4 Å². The summed E-state index contributed by atoms with van der Waals surface area (Å²) in [6, 6.07) is 20.6. The van der Waals surface area contributed by atoms with E-state index < -0.39 is 0 Å². The second-order valence-electron chi connectivity index (χ2n) is 7.89. The molecule has 0 radical (unpaired) electrons. The molecule has 37 heavy (non-hydrogen) atoms. The van der Waals surface area contributed by atoms with Crippen LogP contribution in [0.2, 0.25) is 0 Å². The number of carbonyl (C=O) groups excluding carboxylic acids is 2. The van der Waals surface area contributed by atoms with Gasteiger partial charge in [-0.3, -0.25) is 14.5 Å². The van der Waals surface area contributed by atoms with Crippen molar-refractivity contribution in [2.24, 2.45) is 0 Å². The molecule has 0 atom stereocenters. The van der Waals surface area contributed by atoms with Crippen LogP contribution in [0.4, 0.5) is 4.79 Å². The molecule has 1 aliphatic heterocycles. The van der Waals surface area contributed by atoms with E-state index in [0.29, 0.717) is 41.1 Å². The zero-order valence-electron chi connectivity index (χ0n) is 20.4. The van der Waals surface area contributed by atoms with Gasteiger partial charge in [0, 0.05) is 4.47 Å². The highest BCUT2D eigenvalue weighted by molar-refractivity contribution is 9.10. The van der Waals surface area contributed by atoms with Gasteiger partial charge in [0.05, 0.1) is 25.2 Å². The number of para-hydroxylation sites is 2. The van der Waals surface area contributed by atoms with Gasteiger partial charge >= 0.3 is 0 Å². The molecule has 1 saturated heterocycles. The predicted molar refractivity (Wildman–Crippen MR) is 147 cm³/mol. The number of carbonyl (C=O) groups is 2. The molecule has 0 unspecified atom stereocenters. The second kappa shape index (κ2) is 12.7. The quantitative estimate of drug-likeness (QED) is 0.237. The molecule has 0 bridgehead atoms. The highest BCUT2D eigenvalue weighted by Gasteiger charge is 2.34. The van der Waals surface area contributed by atoms with Crippen LogP contribution >= 0.6 is 27.7 Å². The lowest BCUT2D eigenvalue weighted by Crippen LogP contribution is -2.32. The third-order valence-electron chi connectivity index (χ3n) is 5.39. The summed E-state index contributed by atoms with van der Waals surface area (Å²) in [5.74, 6) is 1.96. The number of amides is 2. The Morgan fingerprint density at radius 3 is 2.35 bits per heavy atom. The third kappa shape index (κ3) is 6.87. The van der Waals surface area contributed by atoms with Crippen LogP contribution in [0.5, 0.6) is 23.0 Å². The number of imide groups is 1. The molecule has 192 valence electrons. The van der Waals surface area contributed by atoms with Crippen molar-refractivity contribution in [1.29, 1.82) is 0 Å². The summed E-state index contributed by atoms with van der Waals surface area (Å²) in [6.45, 7) is 3.03. The Morgan fingerprint density at radius 2 is 1.62 bits per heavy atom. The highest BCUT2D eigenvalue weighted by atomic mass is 79.9. The number of nitrogens with zero attached hydrogens (tertiary/aromatic N) is 1. The molecule has 0 aromatic heterocycles. The van der Waals surface area contributed by atoms with Crippen molar-refractivity contribution in [3.8, 4) is 23.0 Å². The lowest BCUT2D eigenvalue weighted by molar-refractivity contribution is -0.123. The Kier molecular flexibility index (Phi) is 9.14. The average Bonchev–Trinajstić information content (AvgIpc) is 3.17. The van der Waals surface area contributed by atoms with Crippen LogP contribution in [0.25, 0.3) is 6.08 Å². The molecule has 7 nitrogen and oxygen atoms in total. The summed E-state index contributed by atoms with van der Waals surface area (Å²) in [7, 11) is 1.56. The van der Waals surface area contributed by atoms with Crippen LogP contribution in [0.15, 0.2) is 76.1 Å². The molecule has 4 rings (SSSR count). The molecular weight excluding hydrogens is 558 g/mol. The molecule has 9 heteroatoms. The predicted octanol–water partition coefficient (Wildman–Crippen LogP) is 6.55. The molecular formula is C28H26BrNO6S. The van der Waals surface area contributed by atoms with Gasteiger partial charge in [0.2, 0.25) is 0 Å². The van der Waals surface area contributed by atoms with Gasteiger partial charge in [0.1, 0.15) is 13.2 Å². The lowest BCUT2D eigenvalue weighted by atomic mass is 10.1. The van der Waals surface area contributed by atoms with Crippen molar-refractivity contribution in [1.82, 2.24) is 4.90 Å². The van der Waals surface area contributed by atoms with Gasteiger partial charge in [0.15, 0.2) is 23.0 Å². The summed E-state index contributed by atoms with van der Waals surface area (Å²) in [5, 5.41) is -0.334. The molecule has 0 aliphatic carbocycles. The standard InChI is InChI=1S/C28H26BrNO6S/c1-3-34-25-16-20(10-13-24(25)36-18-19-8-11-21(29)12-9-19)17-26-27(31)30(28(32)37-26)14-15-35-23-7-5-4-6-22(23)33-2/h4-13,16-17H,3,14-15,18H2,1-2H3/b26-17-. The van der Waals surface area contributed by atoms with E-state index in [1.807, 2.05) is 49.4 Å². The van der Waals surface area contributed by atoms with Gasteiger partial charge in [-0.1, -0.05) is 46.3 Å². The zero-order chi connectivity index (χ0) is 26.2. The molecule has 1 heterocycles. The second-order valence-corrected chi connectivity index (χ2v) is 9.80. The Balaban J connectivity index is 1.41. The van der Waals surface area contributed by atoms with Gasteiger partial charge in [-0.15, -0.1) is 0 Å². The van der Waals surface area contributed by atoms with E-state index in [1.165, 1.54) is 4.90 Å². The van der Waals surface area contributed by atoms with E-state index >= 15 is 0 Å². The molecule has 1 aliphatic rings. The van der Waals surface area contributed by atoms with E-state index in [9.17, 15) is 9.59 Å². The van der Waals surface area contributed by atoms with Crippen LogP contribution in [0, 0.1) is 0 Å². The number of rotatable bonds is 11. The molecule has 2 amide bonds. The number of hydrogen-bond donors (Lipinski definition) is 0. The minimum atomic E-state index is -0.354. The monoisotopic (exact) mass is 583 g/mol. The van der Waals surface area contributed by atoms with Gasteiger partial charge in [-0.2, -0.15) is 0 Å². The fourth-order valence-corrected chi connectivity index (χ4v) is 4.70. The average molecular weight is 584 g/mol. The first-order valence-electron chi connectivity index (χ1n) is 11.6. The first-order chi connectivity index (χ1) is 18.0. The number of ether oxygens (including phenoxy) is 4. The van der Waals surface area contributed by atoms with Gasteiger partial charge < -0.3 is 18.9 Å². The summed E-state index contributed by atoms with van der Waals surface area (Å²) in [6.07, 6.45) is 1.69. The van der Waals surface area contributed by atoms with Crippen molar-refractivity contribution in [2.75, 3.05) is 26.9 Å². The summed E-state index contributed by atoms with van der Waals surface area (Å²) in [4.78, 5) is 27.0. The van der Waals surface area contributed by atoms with Crippen LogP contribution in [0.3, 0.4) is 0 Å². The van der Waals surface area contributed by atoms with E-state index in [2.05, 4.69) is 15.9 Å². The maximum Gasteiger partial charge on any atom is 0.293 e. The molecule has 1 fully saturated rings. The molecule has 3 aromatic carbocycles. The summed E-state index contributed by atoms with van der Waals surface area (Å²) < 4.78 is 23.7. The Morgan fingerprint density at radius 1 is 0.892 bits per heavy atom. The molecule has 0 saturated carbocycles. The summed E-state index contributed by atoms with van der Waals surface area (Å²) in [5.41, 5.74) is 1.76. The number of benzene rings is 3. The van der Waals surface area contributed by atoms with Crippen molar-refractivity contribution in [3.05, 3.63) is 87.2 Å². The molecule has 3 aromatic rings. The van der Waals surface area contributed by atoms with E-state index in [0.717, 1.165) is 27.4 Å². The van der Waals surface area contributed by atoms with Crippen molar-refractivity contribution < 1.29 is 28.5 Å². The Hall–Kier alpha value is -3.43. The smallest absolute Gasteiger partial charge is 0.293 e.